The number of benzene rings is 1. The van der Waals surface area contributed by atoms with E-state index in [1.54, 1.807) is 12.3 Å². The van der Waals surface area contributed by atoms with Gasteiger partial charge in [0.15, 0.2) is 0 Å². The van der Waals surface area contributed by atoms with E-state index in [9.17, 15) is 4.79 Å². The van der Waals surface area contributed by atoms with Crippen molar-refractivity contribution < 1.29 is 4.79 Å². The fourth-order valence-corrected chi connectivity index (χ4v) is 1.91. The molecule has 110 valence electrons. The summed E-state index contributed by atoms with van der Waals surface area (Å²) in [5.74, 6) is -0.170. The van der Waals surface area contributed by atoms with Crippen LogP contribution in [0.5, 0.6) is 0 Å². The van der Waals surface area contributed by atoms with E-state index in [4.69, 9.17) is 0 Å². The highest BCUT2D eigenvalue weighted by Gasteiger charge is 2.16. The predicted molar refractivity (Wildman–Crippen MR) is 85.9 cm³/mol. The Hall–Kier alpha value is -2.36. The number of carbonyl (C=O) groups excluding carboxylic acids is 1. The molecule has 0 fully saturated rings. The predicted octanol–water partition coefficient (Wildman–Crippen LogP) is 3.66. The summed E-state index contributed by atoms with van der Waals surface area (Å²) in [5.41, 5.74) is 3.14. The van der Waals surface area contributed by atoms with Gasteiger partial charge in [0.1, 0.15) is 5.69 Å². The molecule has 1 aromatic heterocycles. The first-order valence-electron chi connectivity index (χ1n) is 6.96. The molecule has 21 heavy (non-hydrogen) atoms. The van der Waals surface area contributed by atoms with Crippen LogP contribution in [0.4, 0.5) is 11.4 Å². The van der Waals surface area contributed by atoms with Crippen molar-refractivity contribution in [2.45, 2.75) is 33.2 Å². The quantitative estimate of drug-likeness (QED) is 0.903. The van der Waals surface area contributed by atoms with Crippen molar-refractivity contribution in [2.75, 3.05) is 5.32 Å². The third kappa shape index (κ3) is 4.31. The number of amides is 1. The monoisotopic (exact) mass is 283 g/mol. The number of aromatic nitrogens is 1. The number of nitrogens with zero attached hydrogens (tertiary/aromatic N) is 1. The lowest BCUT2D eigenvalue weighted by molar-refractivity contribution is 0.0914. The molecule has 2 rings (SSSR count). The molecule has 1 aromatic carbocycles. The molecule has 0 atom stereocenters. The average Bonchev–Trinajstić information content (AvgIpc) is 2.40. The normalized spacial score (nSPS) is 11.0. The van der Waals surface area contributed by atoms with Gasteiger partial charge in [-0.3, -0.25) is 9.78 Å². The molecule has 0 aliphatic rings. The summed E-state index contributed by atoms with van der Waals surface area (Å²) >= 11 is 0. The lowest BCUT2D eigenvalue weighted by atomic mass is 10.1. The zero-order valence-corrected chi connectivity index (χ0v) is 12.9. The SMILES string of the molecule is Cc1ccccc1Nc1ccnc(C(=O)NC(C)(C)C)c1. The Balaban J connectivity index is 2.18. The standard InChI is InChI=1S/C17H21N3O/c1-12-7-5-6-8-14(12)19-13-9-10-18-15(11-13)16(21)20-17(2,3)4/h5-11H,1-4H3,(H,18,19)(H,20,21). The van der Waals surface area contributed by atoms with E-state index < -0.39 is 0 Å². The minimum Gasteiger partial charge on any atom is -0.355 e. The summed E-state index contributed by atoms with van der Waals surface area (Å²) in [5, 5.41) is 6.22. The van der Waals surface area contributed by atoms with Crippen molar-refractivity contribution in [3.05, 3.63) is 53.9 Å². The maximum absolute atomic E-state index is 12.1. The molecule has 0 radical (unpaired) electrons. The first-order valence-corrected chi connectivity index (χ1v) is 6.96. The maximum Gasteiger partial charge on any atom is 0.270 e. The van der Waals surface area contributed by atoms with Gasteiger partial charge in [0.2, 0.25) is 0 Å². The summed E-state index contributed by atoms with van der Waals surface area (Å²) in [6.07, 6.45) is 1.64. The van der Waals surface area contributed by atoms with E-state index in [0.717, 1.165) is 16.9 Å². The molecule has 0 aliphatic carbocycles. The number of para-hydroxylation sites is 1. The van der Waals surface area contributed by atoms with Crippen molar-refractivity contribution in [1.29, 1.82) is 0 Å². The van der Waals surface area contributed by atoms with Gasteiger partial charge in [0, 0.05) is 23.1 Å². The van der Waals surface area contributed by atoms with E-state index in [0.29, 0.717) is 5.69 Å². The van der Waals surface area contributed by atoms with E-state index in [-0.39, 0.29) is 11.4 Å². The molecule has 4 heteroatoms. The van der Waals surface area contributed by atoms with Gasteiger partial charge in [-0.15, -0.1) is 0 Å². The molecule has 1 amide bonds. The fraction of sp³-hybridized carbons (Fsp3) is 0.294. The zero-order valence-electron chi connectivity index (χ0n) is 12.9. The summed E-state index contributed by atoms with van der Waals surface area (Å²) in [4.78, 5) is 16.3. The van der Waals surface area contributed by atoms with Crippen molar-refractivity contribution in [3.8, 4) is 0 Å². The van der Waals surface area contributed by atoms with Crippen LogP contribution in [0.2, 0.25) is 0 Å². The van der Waals surface area contributed by atoms with Crippen LogP contribution >= 0.6 is 0 Å². The van der Waals surface area contributed by atoms with E-state index in [2.05, 4.69) is 15.6 Å². The molecule has 2 aromatic rings. The first-order chi connectivity index (χ1) is 9.85. The number of carbonyl (C=O) groups is 1. The number of hydrogen-bond acceptors (Lipinski definition) is 3. The lowest BCUT2D eigenvalue weighted by Gasteiger charge is -2.20. The van der Waals surface area contributed by atoms with E-state index in [1.807, 2.05) is 58.0 Å². The second-order valence-corrected chi connectivity index (χ2v) is 6.07. The molecule has 4 nitrogen and oxygen atoms in total. The Kier molecular flexibility index (Phi) is 4.26. The molecule has 0 bridgehead atoms. The van der Waals surface area contributed by atoms with E-state index in [1.165, 1.54) is 0 Å². The third-order valence-corrected chi connectivity index (χ3v) is 2.91. The number of rotatable bonds is 3. The molecular weight excluding hydrogens is 262 g/mol. The van der Waals surface area contributed by atoms with Crippen LogP contribution in [0.15, 0.2) is 42.6 Å². The van der Waals surface area contributed by atoms with Gasteiger partial charge >= 0.3 is 0 Å². The smallest absolute Gasteiger partial charge is 0.270 e. The van der Waals surface area contributed by atoms with Crippen LogP contribution < -0.4 is 10.6 Å². The van der Waals surface area contributed by atoms with Gasteiger partial charge in [0.05, 0.1) is 0 Å². The van der Waals surface area contributed by atoms with Crippen molar-refractivity contribution in [2.24, 2.45) is 0 Å². The van der Waals surface area contributed by atoms with Gasteiger partial charge < -0.3 is 10.6 Å². The van der Waals surface area contributed by atoms with Gasteiger partial charge in [-0.2, -0.15) is 0 Å². The van der Waals surface area contributed by atoms with Crippen LogP contribution in [0, 0.1) is 6.92 Å². The molecule has 2 N–H and O–H groups in total. The minimum absolute atomic E-state index is 0.170. The van der Waals surface area contributed by atoms with Crippen molar-refractivity contribution >= 4 is 17.3 Å². The Morgan fingerprint density at radius 3 is 2.52 bits per heavy atom. The first kappa shape index (κ1) is 15.0. The second-order valence-electron chi connectivity index (χ2n) is 6.07. The van der Waals surface area contributed by atoms with Crippen LogP contribution in [-0.4, -0.2) is 16.4 Å². The lowest BCUT2D eigenvalue weighted by Crippen LogP contribution is -2.40. The Morgan fingerprint density at radius 1 is 1.14 bits per heavy atom. The highest BCUT2D eigenvalue weighted by molar-refractivity contribution is 5.93. The van der Waals surface area contributed by atoms with Crippen LogP contribution in [0.25, 0.3) is 0 Å². The number of hydrogen-bond donors (Lipinski definition) is 2. The average molecular weight is 283 g/mol. The molecule has 0 unspecified atom stereocenters. The van der Waals surface area contributed by atoms with Crippen molar-refractivity contribution in [1.82, 2.24) is 10.3 Å². The Morgan fingerprint density at radius 2 is 1.86 bits per heavy atom. The number of aryl methyl sites for hydroxylation is 1. The van der Waals surface area contributed by atoms with Gasteiger partial charge in [0.25, 0.3) is 5.91 Å². The largest absolute Gasteiger partial charge is 0.355 e. The fourth-order valence-electron chi connectivity index (χ4n) is 1.91. The molecule has 0 spiro atoms. The number of pyridine rings is 1. The van der Waals surface area contributed by atoms with Crippen LogP contribution in [-0.2, 0) is 0 Å². The topological polar surface area (TPSA) is 54.0 Å². The molecular formula is C17H21N3O. The zero-order chi connectivity index (χ0) is 15.5. The van der Waals surface area contributed by atoms with Crippen LogP contribution in [0.3, 0.4) is 0 Å². The summed E-state index contributed by atoms with van der Waals surface area (Å²) in [6.45, 7) is 7.87. The maximum atomic E-state index is 12.1. The minimum atomic E-state index is -0.280. The molecule has 0 saturated carbocycles. The van der Waals surface area contributed by atoms with Crippen molar-refractivity contribution in [3.63, 3.8) is 0 Å². The number of anilines is 2. The number of nitrogens with one attached hydrogen (secondary N) is 2. The molecule has 0 aliphatic heterocycles. The second kappa shape index (κ2) is 5.95. The van der Waals surface area contributed by atoms with E-state index >= 15 is 0 Å². The molecule has 1 heterocycles. The Labute approximate surface area is 125 Å². The Bertz CT molecular complexity index is 644. The van der Waals surface area contributed by atoms with Gasteiger partial charge in [-0.05, 0) is 51.5 Å². The highest BCUT2D eigenvalue weighted by Crippen LogP contribution is 2.20. The molecule has 0 saturated heterocycles. The third-order valence-electron chi connectivity index (χ3n) is 2.91. The highest BCUT2D eigenvalue weighted by atomic mass is 16.2. The van der Waals surface area contributed by atoms with Crippen LogP contribution in [0.1, 0.15) is 36.8 Å². The van der Waals surface area contributed by atoms with Gasteiger partial charge in [-0.1, -0.05) is 18.2 Å². The van der Waals surface area contributed by atoms with Gasteiger partial charge in [-0.25, -0.2) is 0 Å². The summed E-state index contributed by atoms with van der Waals surface area (Å²) < 4.78 is 0. The summed E-state index contributed by atoms with van der Waals surface area (Å²) in [7, 11) is 0. The summed E-state index contributed by atoms with van der Waals surface area (Å²) in [6, 6.07) is 11.6.